The van der Waals surface area contributed by atoms with Gasteiger partial charge in [0.05, 0.1) is 17.8 Å². The molecule has 1 atom stereocenters. The molecular formula is C13H16BN3O5S2. The molecule has 1 aliphatic heterocycles. The molecule has 0 aliphatic carbocycles. The molecule has 2 heterocycles. The number of fused-ring (bicyclic) bond motifs is 1. The molecule has 11 heteroatoms. The predicted octanol–water partition coefficient (Wildman–Crippen LogP) is 0.665. The standard InChI is InChI=1S/C12H12BN3O4S2.CH4O/c1-19-8-3-2-6-4-9(21-12-15-11(14)16-22-12)13(18)20-10(6)7(8)5-17;1-2/h2-3,5,9,18H,4H2,1H3,(H2,14,16);2H,1H3. The number of thioether (sulfide) groups is 1. The number of aldehydes is 1. The minimum atomic E-state index is -1.06. The van der Waals surface area contributed by atoms with Gasteiger partial charge in [0.25, 0.3) is 0 Å². The molecule has 1 aromatic carbocycles. The number of nitrogens with zero attached hydrogens (tertiary/aromatic N) is 2. The second-order valence-electron chi connectivity index (χ2n) is 4.57. The van der Waals surface area contributed by atoms with Crippen LogP contribution in [0.3, 0.4) is 0 Å². The van der Waals surface area contributed by atoms with Crippen LogP contribution in [0.1, 0.15) is 15.9 Å². The fraction of sp³-hybridized carbons (Fsp3) is 0.308. The summed E-state index contributed by atoms with van der Waals surface area (Å²) in [5.74, 6) is 1.01. The zero-order chi connectivity index (χ0) is 17.7. The Hall–Kier alpha value is -1.82. The van der Waals surface area contributed by atoms with Crippen molar-refractivity contribution in [1.82, 2.24) is 9.36 Å². The largest absolute Gasteiger partial charge is 0.537 e. The highest BCUT2D eigenvalue weighted by molar-refractivity contribution is 8.02. The molecule has 0 spiro atoms. The van der Waals surface area contributed by atoms with Gasteiger partial charge in [0.2, 0.25) is 5.95 Å². The zero-order valence-corrected chi connectivity index (χ0v) is 14.6. The van der Waals surface area contributed by atoms with Crippen molar-refractivity contribution < 1.29 is 24.3 Å². The maximum absolute atomic E-state index is 11.3. The van der Waals surface area contributed by atoms with Crippen LogP contribution in [0.15, 0.2) is 16.5 Å². The SMILES string of the molecule is CO.COc1ccc2c(c1C=O)OB(O)C(Sc1nc(N)ns1)C2. The third-order valence-corrected chi connectivity index (χ3v) is 5.26. The number of nitrogens with two attached hydrogens (primary N) is 1. The molecule has 0 bridgehead atoms. The average molecular weight is 369 g/mol. The molecule has 1 unspecified atom stereocenters. The average Bonchev–Trinajstić information content (AvgIpc) is 3.01. The number of benzene rings is 1. The quantitative estimate of drug-likeness (QED) is 0.526. The number of anilines is 1. The molecule has 24 heavy (non-hydrogen) atoms. The molecule has 8 nitrogen and oxygen atoms in total. The Morgan fingerprint density at radius 3 is 2.88 bits per heavy atom. The first kappa shape index (κ1) is 18.5. The summed E-state index contributed by atoms with van der Waals surface area (Å²) in [7, 11) is 1.42. The molecule has 1 aliphatic rings. The van der Waals surface area contributed by atoms with Gasteiger partial charge in [-0.25, -0.2) is 0 Å². The van der Waals surface area contributed by atoms with Crippen molar-refractivity contribution in [3.63, 3.8) is 0 Å². The van der Waals surface area contributed by atoms with Crippen molar-refractivity contribution in [2.24, 2.45) is 0 Å². The number of hydrogen-bond acceptors (Lipinski definition) is 10. The van der Waals surface area contributed by atoms with E-state index in [0.717, 1.165) is 12.7 Å². The lowest BCUT2D eigenvalue weighted by atomic mass is 9.77. The monoisotopic (exact) mass is 369 g/mol. The molecule has 1 aromatic heterocycles. The minimum absolute atomic E-state index is 0.215. The van der Waals surface area contributed by atoms with Gasteiger partial charge in [0, 0.05) is 7.11 Å². The Bertz CT molecular complexity index is 715. The van der Waals surface area contributed by atoms with Crippen molar-refractivity contribution in [3.05, 3.63) is 23.3 Å². The van der Waals surface area contributed by atoms with Crippen molar-refractivity contribution in [3.8, 4) is 11.5 Å². The van der Waals surface area contributed by atoms with E-state index in [1.807, 2.05) is 6.07 Å². The Morgan fingerprint density at radius 2 is 2.29 bits per heavy atom. The van der Waals surface area contributed by atoms with Gasteiger partial charge >= 0.3 is 7.12 Å². The number of aliphatic hydroxyl groups excluding tert-OH is 1. The van der Waals surface area contributed by atoms with E-state index in [2.05, 4.69) is 9.36 Å². The molecule has 0 amide bonds. The summed E-state index contributed by atoms with van der Waals surface area (Å²) < 4.78 is 15.2. The van der Waals surface area contributed by atoms with Gasteiger partial charge in [0.1, 0.15) is 11.5 Å². The fourth-order valence-electron chi connectivity index (χ4n) is 2.23. The summed E-state index contributed by atoms with van der Waals surface area (Å²) in [4.78, 5) is 15.3. The van der Waals surface area contributed by atoms with E-state index in [1.54, 1.807) is 6.07 Å². The maximum Gasteiger partial charge on any atom is 0.537 e. The van der Waals surface area contributed by atoms with Gasteiger partial charge in [-0.1, -0.05) is 17.8 Å². The van der Waals surface area contributed by atoms with Gasteiger partial charge in [-0.15, -0.1) is 0 Å². The first-order chi connectivity index (χ1) is 11.6. The second kappa shape index (κ2) is 8.33. The van der Waals surface area contributed by atoms with Crippen molar-refractivity contribution >= 4 is 42.6 Å². The lowest BCUT2D eigenvalue weighted by Gasteiger charge is -2.27. The topological polar surface area (TPSA) is 128 Å². The number of carbonyl (C=O) groups excluding carboxylic acids is 1. The zero-order valence-electron chi connectivity index (χ0n) is 13.0. The van der Waals surface area contributed by atoms with E-state index in [-0.39, 0.29) is 11.1 Å². The lowest BCUT2D eigenvalue weighted by molar-refractivity contribution is 0.111. The second-order valence-corrected chi connectivity index (χ2v) is 6.81. The van der Waals surface area contributed by atoms with Crippen LogP contribution in [0.5, 0.6) is 11.5 Å². The first-order valence-corrected chi connectivity index (χ1v) is 8.48. The third-order valence-electron chi connectivity index (χ3n) is 3.23. The fourth-order valence-corrected chi connectivity index (χ4v) is 4.07. The predicted molar refractivity (Wildman–Crippen MR) is 92.8 cm³/mol. The summed E-state index contributed by atoms with van der Waals surface area (Å²) in [5, 5.41) is 16.9. The number of aromatic nitrogens is 2. The van der Waals surface area contributed by atoms with Gasteiger partial charge in [0.15, 0.2) is 10.6 Å². The summed E-state index contributed by atoms with van der Waals surface area (Å²) in [6, 6.07) is 3.54. The molecule has 0 radical (unpaired) electrons. The Balaban J connectivity index is 0.00000100. The normalized spacial score (nSPS) is 15.7. The minimum Gasteiger partial charge on any atom is -0.535 e. The molecule has 128 valence electrons. The summed E-state index contributed by atoms with van der Waals surface area (Å²) >= 11 is 2.53. The van der Waals surface area contributed by atoms with Crippen molar-refractivity contribution in [2.75, 3.05) is 20.0 Å². The van der Waals surface area contributed by atoms with Crippen LogP contribution in [-0.4, -0.2) is 52.3 Å². The van der Waals surface area contributed by atoms with Gasteiger partial charge < -0.3 is 25.3 Å². The number of hydrogen-bond donors (Lipinski definition) is 3. The number of carbonyl (C=O) groups is 1. The smallest absolute Gasteiger partial charge is 0.535 e. The highest BCUT2D eigenvalue weighted by atomic mass is 32.2. The lowest BCUT2D eigenvalue weighted by Crippen LogP contribution is -2.40. The molecule has 4 N–H and O–H groups in total. The highest BCUT2D eigenvalue weighted by Crippen LogP contribution is 2.39. The Kier molecular flexibility index (Phi) is 6.43. The van der Waals surface area contributed by atoms with E-state index < -0.39 is 7.12 Å². The van der Waals surface area contributed by atoms with Crippen LogP contribution in [0.25, 0.3) is 0 Å². The van der Waals surface area contributed by atoms with Gasteiger partial charge in [-0.05, 0) is 29.6 Å². The number of aliphatic hydroxyl groups is 1. The molecule has 2 aromatic rings. The van der Waals surface area contributed by atoms with E-state index in [0.29, 0.717) is 34.1 Å². The van der Waals surface area contributed by atoms with Crippen molar-refractivity contribution in [1.29, 1.82) is 0 Å². The number of rotatable bonds is 4. The highest BCUT2D eigenvalue weighted by Gasteiger charge is 2.38. The first-order valence-electron chi connectivity index (χ1n) is 6.82. The van der Waals surface area contributed by atoms with E-state index >= 15 is 0 Å². The molecule has 0 fully saturated rings. The number of nitrogen functional groups attached to an aromatic ring is 1. The maximum atomic E-state index is 11.3. The van der Waals surface area contributed by atoms with Crippen LogP contribution in [0.2, 0.25) is 0 Å². The van der Waals surface area contributed by atoms with Crippen LogP contribution in [0, 0.1) is 0 Å². The van der Waals surface area contributed by atoms with Crippen molar-refractivity contribution in [2.45, 2.75) is 15.9 Å². The summed E-state index contributed by atoms with van der Waals surface area (Å²) in [6.07, 6.45) is 1.20. The Labute approximate surface area is 147 Å². The van der Waals surface area contributed by atoms with Crippen LogP contribution in [0.4, 0.5) is 5.95 Å². The number of methoxy groups -OCH3 is 1. The summed E-state index contributed by atoms with van der Waals surface area (Å²) in [5.41, 5.74) is 6.64. The molecule has 0 saturated carbocycles. The van der Waals surface area contributed by atoms with Gasteiger partial charge in [-0.3, -0.25) is 4.79 Å². The van der Waals surface area contributed by atoms with Crippen LogP contribution < -0.4 is 15.1 Å². The molecular weight excluding hydrogens is 353 g/mol. The molecule has 3 rings (SSSR count). The van der Waals surface area contributed by atoms with E-state index in [1.165, 1.54) is 30.4 Å². The number of ether oxygens (including phenoxy) is 1. The Morgan fingerprint density at radius 1 is 1.54 bits per heavy atom. The van der Waals surface area contributed by atoms with Crippen LogP contribution in [-0.2, 0) is 6.42 Å². The summed E-state index contributed by atoms with van der Waals surface area (Å²) in [6.45, 7) is 0. The van der Waals surface area contributed by atoms with E-state index in [4.69, 9.17) is 20.2 Å². The third kappa shape index (κ3) is 3.81. The molecule has 0 saturated heterocycles. The van der Waals surface area contributed by atoms with Gasteiger partial charge in [-0.2, -0.15) is 9.36 Å². The van der Waals surface area contributed by atoms with E-state index in [9.17, 15) is 9.82 Å². The van der Waals surface area contributed by atoms with Crippen LogP contribution >= 0.6 is 23.3 Å².